The van der Waals surface area contributed by atoms with Crippen LogP contribution in [0.25, 0.3) is 0 Å². The van der Waals surface area contributed by atoms with E-state index in [1.54, 1.807) is 61.5 Å². The first-order valence-corrected chi connectivity index (χ1v) is 16.1. The molecule has 0 bridgehead atoms. The molecular formula is C29H30Br2N2O7S. The number of rotatable bonds is 10. The molecule has 0 aromatic heterocycles. The van der Waals surface area contributed by atoms with Gasteiger partial charge in [0.1, 0.15) is 22.9 Å². The average Bonchev–Trinajstić information content (AvgIpc) is 2.98. The van der Waals surface area contributed by atoms with Crippen LogP contribution in [0.4, 0.5) is 5.69 Å². The van der Waals surface area contributed by atoms with Crippen LogP contribution < -0.4 is 14.4 Å². The molecule has 9 nitrogen and oxygen atoms in total. The highest BCUT2D eigenvalue weighted by Gasteiger charge is 2.30. The number of esters is 1. The summed E-state index contributed by atoms with van der Waals surface area (Å²) >= 11 is 7.03. The summed E-state index contributed by atoms with van der Waals surface area (Å²) in [7, 11) is -2.37. The number of methoxy groups -OCH3 is 1. The summed E-state index contributed by atoms with van der Waals surface area (Å²) in [6.45, 7) is 2.50. The average molecular weight is 710 g/mol. The molecule has 0 spiro atoms. The minimum Gasteiger partial charge on any atom is -0.495 e. The lowest BCUT2D eigenvalue weighted by Gasteiger charge is -2.26. The number of hydrogen-bond acceptors (Lipinski definition) is 7. The zero-order valence-electron chi connectivity index (χ0n) is 22.6. The SMILES string of the molecule is CCOC(=O)CN(C(=O)c1ccccc1)c1cc(Br)c(Oc2ccc(OC)c(S(=O)(=O)N3CCCCC3)c2)c(Br)c1. The maximum Gasteiger partial charge on any atom is 0.326 e. The van der Waals surface area contributed by atoms with Crippen molar-refractivity contribution in [1.29, 1.82) is 0 Å². The summed E-state index contributed by atoms with van der Waals surface area (Å²) in [4.78, 5) is 27.1. The molecule has 1 heterocycles. The van der Waals surface area contributed by atoms with Gasteiger partial charge in [-0.25, -0.2) is 8.42 Å². The smallest absolute Gasteiger partial charge is 0.326 e. The van der Waals surface area contributed by atoms with Crippen molar-refractivity contribution in [3.8, 4) is 17.2 Å². The molecule has 0 atom stereocenters. The van der Waals surface area contributed by atoms with E-state index in [0.29, 0.717) is 39.0 Å². The Morgan fingerprint density at radius 3 is 2.22 bits per heavy atom. The van der Waals surface area contributed by atoms with Crippen LogP contribution in [0.5, 0.6) is 17.2 Å². The van der Waals surface area contributed by atoms with E-state index >= 15 is 0 Å². The van der Waals surface area contributed by atoms with E-state index in [4.69, 9.17) is 14.2 Å². The van der Waals surface area contributed by atoms with Crippen LogP contribution in [-0.2, 0) is 19.6 Å². The molecule has 3 aromatic rings. The minimum absolute atomic E-state index is 0.0253. The Hall–Kier alpha value is -2.93. The number of anilines is 1. The summed E-state index contributed by atoms with van der Waals surface area (Å²) in [5.41, 5.74) is 0.825. The molecule has 12 heteroatoms. The molecule has 1 amide bonds. The molecule has 218 valence electrons. The van der Waals surface area contributed by atoms with E-state index in [2.05, 4.69) is 31.9 Å². The number of benzene rings is 3. The number of sulfonamides is 1. The third kappa shape index (κ3) is 7.29. The third-order valence-corrected chi connectivity index (χ3v) is 9.54. The van der Waals surface area contributed by atoms with E-state index in [0.717, 1.165) is 19.3 Å². The first kappa shape index (κ1) is 31.0. The predicted molar refractivity (Wildman–Crippen MR) is 162 cm³/mol. The highest BCUT2D eigenvalue weighted by atomic mass is 79.9. The number of carbonyl (C=O) groups is 2. The van der Waals surface area contributed by atoms with Gasteiger partial charge in [-0.05, 0) is 88.0 Å². The van der Waals surface area contributed by atoms with Gasteiger partial charge in [0.05, 0.1) is 22.7 Å². The quantitative estimate of drug-likeness (QED) is 0.225. The first-order valence-electron chi connectivity index (χ1n) is 13.0. The lowest BCUT2D eigenvalue weighted by Crippen LogP contribution is -2.36. The lowest BCUT2D eigenvalue weighted by molar-refractivity contribution is -0.141. The van der Waals surface area contributed by atoms with Crippen molar-refractivity contribution >= 4 is 59.4 Å². The Labute approximate surface area is 256 Å². The largest absolute Gasteiger partial charge is 0.495 e. The van der Waals surface area contributed by atoms with Crippen molar-refractivity contribution in [2.45, 2.75) is 31.1 Å². The van der Waals surface area contributed by atoms with Crippen molar-refractivity contribution in [2.75, 3.05) is 38.3 Å². The highest BCUT2D eigenvalue weighted by Crippen LogP contribution is 2.42. The second-order valence-electron chi connectivity index (χ2n) is 9.18. The van der Waals surface area contributed by atoms with Crippen LogP contribution in [0.3, 0.4) is 0 Å². The monoisotopic (exact) mass is 708 g/mol. The summed E-state index contributed by atoms with van der Waals surface area (Å²) in [6, 6.07) is 16.5. The maximum absolute atomic E-state index is 13.4. The van der Waals surface area contributed by atoms with Crippen LogP contribution in [0, 0.1) is 0 Å². The molecule has 0 saturated carbocycles. The summed E-state index contributed by atoms with van der Waals surface area (Å²) in [5.74, 6) is -0.0768. The van der Waals surface area contributed by atoms with Crippen molar-refractivity contribution in [3.05, 3.63) is 75.2 Å². The molecule has 0 aliphatic carbocycles. The molecule has 1 aliphatic rings. The van der Waals surface area contributed by atoms with Crippen molar-refractivity contribution in [1.82, 2.24) is 4.31 Å². The minimum atomic E-state index is -3.79. The van der Waals surface area contributed by atoms with E-state index < -0.39 is 16.0 Å². The second kappa shape index (κ2) is 13.8. The van der Waals surface area contributed by atoms with Gasteiger partial charge in [0, 0.05) is 30.4 Å². The summed E-state index contributed by atoms with van der Waals surface area (Å²) in [5, 5.41) is 0. The Balaban J connectivity index is 1.67. The summed E-state index contributed by atoms with van der Waals surface area (Å²) in [6.07, 6.45) is 2.62. The maximum atomic E-state index is 13.4. The molecule has 1 aliphatic heterocycles. The van der Waals surface area contributed by atoms with E-state index in [9.17, 15) is 18.0 Å². The van der Waals surface area contributed by atoms with E-state index in [-0.39, 0.29) is 35.5 Å². The van der Waals surface area contributed by atoms with Crippen LogP contribution >= 0.6 is 31.9 Å². The number of halogens is 2. The van der Waals surface area contributed by atoms with Gasteiger partial charge in [0.2, 0.25) is 10.0 Å². The molecule has 3 aromatic carbocycles. The molecule has 1 saturated heterocycles. The zero-order chi connectivity index (χ0) is 29.6. The first-order chi connectivity index (χ1) is 19.6. The molecule has 1 fully saturated rings. The third-order valence-electron chi connectivity index (χ3n) is 6.44. The van der Waals surface area contributed by atoms with Gasteiger partial charge in [-0.15, -0.1) is 0 Å². The number of ether oxygens (including phenoxy) is 3. The number of nitrogens with zero attached hydrogens (tertiary/aromatic N) is 2. The number of piperidine rings is 1. The van der Waals surface area contributed by atoms with Crippen molar-refractivity contribution in [3.63, 3.8) is 0 Å². The molecule has 41 heavy (non-hydrogen) atoms. The van der Waals surface area contributed by atoms with Gasteiger partial charge in [0.15, 0.2) is 5.75 Å². The Morgan fingerprint density at radius 1 is 0.951 bits per heavy atom. The Morgan fingerprint density at radius 2 is 1.61 bits per heavy atom. The fourth-order valence-electron chi connectivity index (χ4n) is 4.44. The van der Waals surface area contributed by atoms with Crippen LogP contribution in [0.2, 0.25) is 0 Å². The fourth-order valence-corrected chi connectivity index (χ4v) is 7.45. The summed E-state index contributed by atoms with van der Waals surface area (Å²) < 4.78 is 45.9. The van der Waals surface area contributed by atoms with Gasteiger partial charge in [0.25, 0.3) is 5.91 Å². The molecule has 4 rings (SSSR count). The molecule has 0 unspecified atom stereocenters. The molecule has 0 N–H and O–H groups in total. The molecular weight excluding hydrogens is 680 g/mol. The van der Waals surface area contributed by atoms with E-state index in [1.807, 2.05) is 0 Å². The normalized spacial score (nSPS) is 13.9. The van der Waals surface area contributed by atoms with Gasteiger partial charge >= 0.3 is 5.97 Å². The van der Waals surface area contributed by atoms with Crippen LogP contribution in [-0.4, -0.2) is 58.0 Å². The number of hydrogen-bond donors (Lipinski definition) is 0. The number of amides is 1. The van der Waals surface area contributed by atoms with Gasteiger partial charge < -0.3 is 14.2 Å². The van der Waals surface area contributed by atoms with Gasteiger partial charge in [-0.1, -0.05) is 24.6 Å². The number of carbonyl (C=O) groups excluding carboxylic acids is 2. The van der Waals surface area contributed by atoms with Gasteiger partial charge in [-0.2, -0.15) is 4.31 Å². The van der Waals surface area contributed by atoms with Crippen molar-refractivity contribution in [2.24, 2.45) is 0 Å². The Bertz CT molecular complexity index is 1490. The van der Waals surface area contributed by atoms with Crippen molar-refractivity contribution < 1.29 is 32.2 Å². The zero-order valence-corrected chi connectivity index (χ0v) is 26.6. The van der Waals surface area contributed by atoms with Gasteiger partial charge in [-0.3, -0.25) is 14.5 Å². The Kier molecular flexibility index (Phi) is 10.5. The topological polar surface area (TPSA) is 102 Å². The second-order valence-corrected chi connectivity index (χ2v) is 12.8. The standard InChI is InChI=1S/C29H30Br2N2O7S/c1-3-39-27(34)19-33(29(35)20-10-6-4-7-11-20)21-16-23(30)28(24(31)17-21)40-22-12-13-25(38-2)26(18-22)41(36,37)32-14-8-5-9-15-32/h4,6-7,10-13,16-18H,3,5,8-9,14-15,19H2,1-2H3. The predicted octanol–water partition coefficient (Wildman–Crippen LogP) is 6.40. The molecule has 0 radical (unpaired) electrons. The van der Waals surface area contributed by atoms with E-state index in [1.165, 1.54) is 22.4 Å². The van der Waals surface area contributed by atoms with Crippen LogP contribution in [0.1, 0.15) is 36.5 Å². The lowest BCUT2D eigenvalue weighted by atomic mass is 10.1. The highest BCUT2D eigenvalue weighted by molar-refractivity contribution is 9.11. The van der Waals surface area contributed by atoms with Crippen LogP contribution in [0.15, 0.2) is 74.5 Å². The fraction of sp³-hybridized carbons (Fsp3) is 0.310.